The highest BCUT2D eigenvalue weighted by Crippen LogP contribution is 2.37. The van der Waals surface area contributed by atoms with Crippen molar-refractivity contribution in [2.45, 2.75) is 26.3 Å². The Hall–Kier alpha value is -2.33. The van der Waals surface area contributed by atoms with Gasteiger partial charge in [0.05, 0.1) is 12.6 Å². The van der Waals surface area contributed by atoms with E-state index < -0.39 is 0 Å². The third kappa shape index (κ3) is 3.29. The molecule has 1 unspecified atom stereocenters. The molecule has 0 aliphatic carbocycles. The maximum absolute atomic E-state index is 6.34. The molecule has 0 fully saturated rings. The molecule has 0 aliphatic heterocycles. The smallest absolute Gasteiger partial charge is 0.223 e. The molecule has 0 bridgehead atoms. The van der Waals surface area contributed by atoms with Gasteiger partial charge in [-0.25, -0.2) is 9.97 Å². The number of rotatable bonds is 5. The van der Waals surface area contributed by atoms with Gasteiger partial charge in [-0.3, -0.25) is 0 Å². The van der Waals surface area contributed by atoms with E-state index in [0.717, 1.165) is 34.2 Å². The van der Waals surface area contributed by atoms with E-state index >= 15 is 0 Å². The van der Waals surface area contributed by atoms with Crippen LogP contribution in [-0.2, 0) is 0 Å². The topological polar surface area (TPSA) is 47.0 Å². The second-order valence-electron chi connectivity index (χ2n) is 5.74. The lowest BCUT2D eigenvalue weighted by Crippen LogP contribution is -2.15. The zero-order valence-corrected chi connectivity index (χ0v) is 14.8. The van der Waals surface area contributed by atoms with Crippen molar-refractivity contribution in [3.8, 4) is 16.9 Å². The molecule has 2 aromatic carbocycles. The maximum atomic E-state index is 6.34. The monoisotopic (exact) mass is 341 g/mol. The van der Waals surface area contributed by atoms with E-state index in [-0.39, 0.29) is 0 Å². The Morgan fingerprint density at radius 2 is 2.00 bits per heavy atom. The van der Waals surface area contributed by atoms with Gasteiger partial charge in [-0.1, -0.05) is 36.7 Å². The Balaban J connectivity index is 2.10. The molecule has 4 nitrogen and oxygen atoms in total. The van der Waals surface area contributed by atoms with Gasteiger partial charge < -0.3 is 10.1 Å². The molecule has 24 heavy (non-hydrogen) atoms. The molecule has 0 amide bonds. The number of aromatic nitrogens is 2. The quantitative estimate of drug-likeness (QED) is 0.695. The standard InChI is InChI=1S/C19H20ClN3O/c1-4-12(2)22-19-21-11-13-9-15(14-7-5-6-8-16(14)20)18(24-3)10-17(13)23-19/h5-12H,4H2,1-3H3,(H,21,22,23). The van der Waals surface area contributed by atoms with Crippen LogP contribution in [0.3, 0.4) is 0 Å². The Kier molecular flexibility index (Phi) is 4.86. The lowest BCUT2D eigenvalue weighted by molar-refractivity contribution is 0.417. The van der Waals surface area contributed by atoms with E-state index in [9.17, 15) is 0 Å². The van der Waals surface area contributed by atoms with E-state index in [0.29, 0.717) is 17.0 Å². The molecule has 0 saturated carbocycles. The normalized spacial score (nSPS) is 12.2. The number of nitrogens with zero attached hydrogens (tertiary/aromatic N) is 2. The molecular formula is C19H20ClN3O. The SMILES string of the molecule is CCC(C)Nc1ncc2cc(-c3ccccc3Cl)c(OC)cc2n1. The average molecular weight is 342 g/mol. The van der Waals surface area contributed by atoms with Crippen molar-refractivity contribution < 1.29 is 4.74 Å². The highest BCUT2D eigenvalue weighted by Gasteiger charge is 2.12. The van der Waals surface area contributed by atoms with Gasteiger partial charge in [-0.05, 0) is 25.5 Å². The van der Waals surface area contributed by atoms with E-state index in [2.05, 4.69) is 29.1 Å². The summed E-state index contributed by atoms with van der Waals surface area (Å²) in [6, 6.07) is 12.0. The predicted molar refractivity (Wildman–Crippen MR) is 99.9 cm³/mol. The second kappa shape index (κ2) is 7.05. The zero-order chi connectivity index (χ0) is 17.1. The Morgan fingerprint density at radius 1 is 1.21 bits per heavy atom. The number of nitrogens with one attached hydrogen (secondary N) is 1. The highest BCUT2D eigenvalue weighted by atomic mass is 35.5. The van der Waals surface area contributed by atoms with Crippen molar-refractivity contribution in [2.24, 2.45) is 0 Å². The van der Waals surface area contributed by atoms with Crippen molar-refractivity contribution in [2.75, 3.05) is 12.4 Å². The first kappa shape index (κ1) is 16.5. The molecular weight excluding hydrogens is 322 g/mol. The molecule has 5 heteroatoms. The number of anilines is 1. The average Bonchev–Trinajstić information content (AvgIpc) is 2.61. The van der Waals surface area contributed by atoms with Gasteiger partial charge in [0, 0.05) is 39.8 Å². The van der Waals surface area contributed by atoms with Crippen LogP contribution in [0.4, 0.5) is 5.95 Å². The molecule has 0 radical (unpaired) electrons. The fraction of sp³-hybridized carbons (Fsp3) is 0.263. The summed E-state index contributed by atoms with van der Waals surface area (Å²) in [5, 5.41) is 4.92. The third-order valence-electron chi connectivity index (χ3n) is 4.05. The first-order valence-corrected chi connectivity index (χ1v) is 8.36. The van der Waals surface area contributed by atoms with E-state index in [4.69, 9.17) is 16.3 Å². The van der Waals surface area contributed by atoms with Gasteiger partial charge in [0.1, 0.15) is 5.75 Å². The van der Waals surface area contributed by atoms with Crippen LogP contribution in [0.1, 0.15) is 20.3 Å². The van der Waals surface area contributed by atoms with Crippen LogP contribution < -0.4 is 10.1 Å². The molecule has 0 spiro atoms. The molecule has 1 atom stereocenters. The minimum absolute atomic E-state index is 0.326. The van der Waals surface area contributed by atoms with Crippen molar-refractivity contribution in [3.63, 3.8) is 0 Å². The number of methoxy groups -OCH3 is 1. The third-order valence-corrected chi connectivity index (χ3v) is 4.38. The molecule has 1 N–H and O–H groups in total. The summed E-state index contributed by atoms with van der Waals surface area (Å²) in [5.41, 5.74) is 2.70. The van der Waals surface area contributed by atoms with E-state index in [1.807, 2.05) is 42.6 Å². The van der Waals surface area contributed by atoms with Crippen LogP contribution in [0, 0.1) is 0 Å². The molecule has 1 heterocycles. The molecule has 0 aliphatic rings. The maximum Gasteiger partial charge on any atom is 0.223 e. The Labute approximate surface area is 146 Å². The Bertz CT molecular complexity index is 866. The largest absolute Gasteiger partial charge is 0.496 e. The minimum atomic E-state index is 0.326. The predicted octanol–water partition coefficient (Wildman–Crippen LogP) is 5.17. The fourth-order valence-electron chi connectivity index (χ4n) is 2.51. The lowest BCUT2D eigenvalue weighted by Gasteiger charge is -2.14. The molecule has 3 rings (SSSR count). The van der Waals surface area contributed by atoms with Crippen LogP contribution in [0.5, 0.6) is 5.75 Å². The fourth-order valence-corrected chi connectivity index (χ4v) is 2.75. The molecule has 0 saturated heterocycles. The van der Waals surface area contributed by atoms with Crippen LogP contribution >= 0.6 is 11.6 Å². The number of hydrogen-bond acceptors (Lipinski definition) is 4. The van der Waals surface area contributed by atoms with Crippen LogP contribution in [0.25, 0.3) is 22.0 Å². The van der Waals surface area contributed by atoms with Crippen molar-refractivity contribution in [3.05, 3.63) is 47.6 Å². The number of hydrogen-bond donors (Lipinski definition) is 1. The number of halogens is 1. The summed E-state index contributed by atoms with van der Waals surface area (Å²) in [7, 11) is 1.65. The first-order chi connectivity index (χ1) is 11.6. The molecule has 124 valence electrons. The van der Waals surface area contributed by atoms with Gasteiger partial charge in [0.25, 0.3) is 0 Å². The summed E-state index contributed by atoms with van der Waals surface area (Å²) in [5.74, 6) is 1.37. The van der Waals surface area contributed by atoms with Crippen molar-refractivity contribution in [1.29, 1.82) is 0 Å². The van der Waals surface area contributed by atoms with E-state index in [1.54, 1.807) is 7.11 Å². The van der Waals surface area contributed by atoms with Gasteiger partial charge >= 0.3 is 0 Å². The summed E-state index contributed by atoms with van der Waals surface area (Å²) in [6.07, 6.45) is 2.84. The second-order valence-corrected chi connectivity index (χ2v) is 6.15. The summed E-state index contributed by atoms with van der Waals surface area (Å²) < 4.78 is 5.57. The van der Waals surface area contributed by atoms with Gasteiger partial charge in [0.15, 0.2) is 0 Å². The summed E-state index contributed by atoms with van der Waals surface area (Å²) in [6.45, 7) is 4.23. The summed E-state index contributed by atoms with van der Waals surface area (Å²) in [4.78, 5) is 9.01. The number of fused-ring (bicyclic) bond motifs is 1. The minimum Gasteiger partial charge on any atom is -0.496 e. The van der Waals surface area contributed by atoms with E-state index in [1.165, 1.54) is 0 Å². The molecule has 1 aromatic heterocycles. The first-order valence-electron chi connectivity index (χ1n) is 7.98. The Morgan fingerprint density at radius 3 is 2.71 bits per heavy atom. The zero-order valence-electron chi connectivity index (χ0n) is 14.0. The number of ether oxygens (including phenoxy) is 1. The van der Waals surface area contributed by atoms with Crippen LogP contribution in [0.2, 0.25) is 5.02 Å². The lowest BCUT2D eigenvalue weighted by atomic mass is 10.0. The van der Waals surface area contributed by atoms with Crippen molar-refractivity contribution >= 4 is 28.5 Å². The number of benzene rings is 2. The van der Waals surface area contributed by atoms with Gasteiger partial charge in [-0.15, -0.1) is 0 Å². The van der Waals surface area contributed by atoms with Gasteiger partial charge in [-0.2, -0.15) is 0 Å². The van der Waals surface area contributed by atoms with Crippen molar-refractivity contribution in [1.82, 2.24) is 9.97 Å². The summed E-state index contributed by atoms with van der Waals surface area (Å²) >= 11 is 6.34. The van der Waals surface area contributed by atoms with Crippen LogP contribution in [-0.4, -0.2) is 23.1 Å². The van der Waals surface area contributed by atoms with Gasteiger partial charge in [0.2, 0.25) is 5.95 Å². The molecule has 3 aromatic rings. The highest BCUT2D eigenvalue weighted by molar-refractivity contribution is 6.33. The van der Waals surface area contributed by atoms with Crippen LogP contribution in [0.15, 0.2) is 42.6 Å².